The van der Waals surface area contributed by atoms with Gasteiger partial charge >= 0.3 is 0 Å². The van der Waals surface area contributed by atoms with Crippen LogP contribution in [0.25, 0.3) is 0 Å². The van der Waals surface area contributed by atoms with Crippen molar-refractivity contribution in [3.05, 3.63) is 0 Å². The zero-order valence-electron chi connectivity index (χ0n) is 6.95. The Morgan fingerprint density at radius 3 is 2.07 bits per heavy atom. The predicted molar refractivity (Wildman–Crippen MR) is 43.1 cm³/mol. The van der Waals surface area contributed by atoms with Gasteiger partial charge in [-0.1, -0.05) is 0 Å². The van der Waals surface area contributed by atoms with Gasteiger partial charge in [0.2, 0.25) is 6.29 Å². The van der Waals surface area contributed by atoms with Gasteiger partial charge in [-0.25, -0.2) is 4.29 Å². The molecule has 1 unspecified atom stereocenters. The molecule has 0 rings (SSSR count). The van der Waals surface area contributed by atoms with Crippen LogP contribution in [0.2, 0.25) is 0 Å². The fourth-order valence-corrected chi connectivity index (χ4v) is 0.751. The summed E-state index contributed by atoms with van der Waals surface area (Å²) >= 11 is 4.65. The third-order valence-corrected chi connectivity index (χ3v) is 1.68. The van der Waals surface area contributed by atoms with Crippen LogP contribution in [0.1, 0.15) is 0 Å². The van der Waals surface area contributed by atoms with Crippen LogP contribution < -0.4 is 0 Å². The number of ketones is 1. The van der Waals surface area contributed by atoms with Gasteiger partial charge in [0.1, 0.15) is 12.2 Å². The molecule has 0 radical (unpaired) electrons. The Hall–Kier alpha value is -0.280. The van der Waals surface area contributed by atoms with Crippen molar-refractivity contribution in [2.75, 3.05) is 6.61 Å². The van der Waals surface area contributed by atoms with Crippen molar-refractivity contribution < 1.29 is 34.6 Å². The third-order valence-electron chi connectivity index (χ3n) is 1.50. The van der Waals surface area contributed by atoms with E-state index in [2.05, 4.69) is 16.2 Å². The summed E-state index contributed by atoms with van der Waals surface area (Å²) in [6.07, 6.45) is -7.86. The highest BCUT2D eigenvalue weighted by atomic mass is 35.5. The smallest absolute Gasteiger partial charge is 0.208 e. The van der Waals surface area contributed by atoms with Crippen LogP contribution in [0.3, 0.4) is 0 Å². The second kappa shape index (κ2) is 6.25. The average molecular weight is 231 g/mol. The Balaban J connectivity index is 4.31. The van der Waals surface area contributed by atoms with Gasteiger partial charge in [-0.05, 0) is 0 Å². The molecule has 14 heavy (non-hydrogen) atoms. The van der Waals surface area contributed by atoms with E-state index < -0.39 is 37.0 Å². The molecular formula is C6H11ClO7. The number of Topliss-reactive ketones (excluding diaryl/α,β-unsaturated/α-hetero) is 1. The van der Waals surface area contributed by atoms with Crippen LogP contribution in [0, 0.1) is 0 Å². The number of aliphatic hydroxyl groups is 5. The summed E-state index contributed by atoms with van der Waals surface area (Å²) < 4.78 is 3.70. The number of hydrogen-bond acceptors (Lipinski definition) is 7. The molecular weight excluding hydrogens is 220 g/mol. The lowest BCUT2D eigenvalue weighted by Crippen LogP contribution is -2.46. The quantitative estimate of drug-likeness (QED) is 0.310. The van der Waals surface area contributed by atoms with E-state index in [1.54, 1.807) is 0 Å². The number of rotatable bonds is 6. The molecule has 0 amide bonds. The minimum atomic E-state index is -2.09. The van der Waals surface area contributed by atoms with E-state index >= 15 is 0 Å². The topological polar surface area (TPSA) is 127 Å². The molecule has 0 heterocycles. The van der Waals surface area contributed by atoms with Crippen LogP contribution in [-0.4, -0.2) is 62.5 Å². The molecule has 0 aromatic heterocycles. The van der Waals surface area contributed by atoms with E-state index in [1.807, 2.05) is 0 Å². The highest BCUT2D eigenvalue weighted by molar-refractivity contribution is 6.07. The Bertz CT molecular complexity index is 169. The van der Waals surface area contributed by atoms with Crippen molar-refractivity contribution >= 4 is 17.6 Å². The van der Waals surface area contributed by atoms with Gasteiger partial charge in [-0.3, -0.25) is 4.79 Å². The lowest BCUT2D eigenvalue weighted by Gasteiger charge is -2.19. The highest BCUT2D eigenvalue weighted by Gasteiger charge is 2.33. The zero-order chi connectivity index (χ0) is 11.3. The fraction of sp³-hybridized carbons (Fsp3) is 0.833. The van der Waals surface area contributed by atoms with Crippen LogP contribution in [-0.2, 0) is 9.08 Å². The number of carbonyl (C=O) groups is 1. The second-order valence-corrected chi connectivity index (χ2v) is 2.70. The van der Waals surface area contributed by atoms with E-state index in [1.165, 1.54) is 0 Å². The Kier molecular flexibility index (Phi) is 6.12. The van der Waals surface area contributed by atoms with Crippen molar-refractivity contribution in [3.8, 4) is 0 Å². The maximum absolute atomic E-state index is 11.0. The minimum Gasteiger partial charge on any atom is -0.394 e. The van der Waals surface area contributed by atoms with E-state index in [-0.39, 0.29) is 0 Å². The number of aliphatic hydroxyl groups excluding tert-OH is 5. The van der Waals surface area contributed by atoms with E-state index in [9.17, 15) is 4.79 Å². The predicted octanol–water partition coefficient (Wildman–Crippen LogP) is -2.88. The first kappa shape index (κ1) is 13.7. The molecule has 5 N–H and O–H groups in total. The molecule has 0 aliphatic carbocycles. The average Bonchev–Trinajstić information content (AvgIpc) is 2.23. The molecule has 8 heteroatoms. The molecule has 0 aliphatic rings. The number of carbonyl (C=O) groups excluding carboxylic acids is 1. The molecule has 4 atom stereocenters. The summed E-state index contributed by atoms with van der Waals surface area (Å²) in [5.41, 5.74) is 0. The van der Waals surface area contributed by atoms with E-state index in [0.29, 0.717) is 0 Å². The number of halogens is 1. The zero-order valence-corrected chi connectivity index (χ0v) is 7.70. The summed E-state index contributed by atoms with van der Waals surface area (Å²) in [7, 11) is 0. The monoisotopic (exact) mass is 230 g/mol. The first-order valence-corrected chi connectivity index (χ1v) is 3.90. The second-order valence-electron chi connectivity index (χ2n) is 2.52. The molecule has 84 valence electrons. The van der Waals surface area contributed by atoms with Crippen LogP contribution >= 0.6 is 11.9 Å². The Morgan fingerprint density at radius 2 is 1.71 bits per heavy atom. The lowest BCUT2D eigenvalue weighted by molar-refractivity contribution is -0.161. The van der Waals surface area contributed by atoms with Gasteiger partial charge in [0, 0.05) is 0 Å². The third kappa shape index (κ3) is 3.46. The summed E-state index contributed by atoms with van der Waals surface area (Å²) in [6, 6.07) is 0. The molecule has 0 aromatic carbocycles. The van der Waals surface area contributed by atoms with Gasteiger partial charge in [0.15, 0.2) is 11.9 Å². The van der Waals surface area contributed by atoms with Crippen LogP contribution in [0.15, 0.2) is 0 Å². The standard InChI is InChI=1S/C6H11ClO7/c7-14-6(13)5(12)4(11)3(10)2(9)1-8/h2-3,5-6,8-10,12-13H,1H2/t2-,3-,5-,6?/m1/s1. The van der Waals surface area contributed by atoms with Crippen LogP contribution in [0.4, 0.5) is 0 Å². The van der Waals surface area contributed by atoms with Crippen molar-refractivity contribution in [2.24, 2.45) is 0 Å². The Morgan fingerprint density at radius 1 is 1.21 bits per heavy atom. The summed E-state index contributed by atoms with van der Waals surface area (Å²) in [5.74, 6) is -1.31. The first-order valence-electron chi connectivity index (χ1n) is 3.60. The van der Waals surface area contributed by atoms with Gasteiger partial charge in [0.25, 0.3) is 0 Å². The van der Waals surface area contributed by atoms with Gasteiger partial charge in [-0.2, -0.15) is 0 Å². The first-order chi connectivity index (χ1) is 6.45. The molecule has 0 saturated carbocycles. The summed E-state index contributed by atoms with van der Waals surface area (Å²) in [4.78, 5) is 11.0. The van der Waals surface area contributed by atoms with Crippen molar-refractivity contribution in [1.29, 1.82) is 0 Å². The van der Waals surface area contributed by atoms with Crippen molar-refractivity contribution in [3.63, 3.8) is 0 Å². The molecule has 0 fully saturated rings. The molecule has 0 aromatic rings. The molecule has 0 spiro atoms. The van der Waals surface area contributed by atoms with E-state index in [4.69, 9.17) is 25.5 Å². The molecule has 0 aliphatic heterocycles. The summed E-state index contributed by atoms with van der Waals surface area (Å²) in [6.45, 7) is -0.864. The van der Waals surface area contributed by atoms with Gasteiger partial charge in [0.05, 0.1) is 18.5 Å². The normalized spacial score (nSPS) is 19.9. The fourth-order valence-electron chi connectivity index (χ4n) is 0.654. The van der Waals surface area contributed by atoms with Crippen molar-refractivity contribution in [2.45, 2.75) is 24.6 Å². The maximum Gasteiger partial charge on any atom is 0.208 e. The van der Waals surface area contributed by atoms with Crippen LogP contribution in [0.5, 0.6) is 0 Å². The van der Waals surface area contributed by atoms with Gasteiger partial charge in [-0.15, -0.1) is 0 Å². The maximum atomic E-state index is 11.0. The SMILES string of the molecule is O=C([C@@H](O)C(O)OCl)[C@H](O)[C@H](O)CO. The van der Waals surface area contributed by atoms with Gasteiger partial charge < -0.3 is 25.5 Å². The molecule has 7 nitrogen and oxygen atoms in total. The van der Waals surface area contributed by atoms with Crippen molar-refractivity contribution in [1.82, 2.24) is 0 Å². The lowest BCUT2D eigenvalue weighted by atomic mass is 10.1. The molecule has 0 bridgehead atoms. The minimum absolute atomic E-state index is 0.864. The van der Waals surface area contributed by atoms with E-state index in [0.717, 1.165) is 0 Å². The highest BCUT2D eigenvalue weighted by Crippen LogP contribution is 2.05. The summed E-state index contributed by atoms with van der Waals surface area (Å²) in [5, 5.41) is 43.8. The number of hydrogen-bond donors (Lipinski definition) is 5. The Labute approximate surface area is 84.3 Å². The molecule has 0 saturated heterocycles. The largest absolute Gasteiger partial charge is 0.394 e.